The van der Waals surface area contributed by atoms with Gasteiger partial charge in [0, 0.05) is 0 Å². The number of ether oxygens (including phenoxy) is 1. The first-order valence-corrected chi connectivity index (χ1v) is 7.07. The number of alkyl halides is 18. The van der Waals surface area contributed by atoms with Gasteiger partial charge in [0.1, 0.15) is 0 Å². The van der Waals surface area contributed by atoms with E-state index in [1.807, 2.05) is 4.74 Å². The first-order valence-electron chi connectivity index (χ1n) is 7.07. The van der Waals surface area contributed by atoms with Gasteiger partial charge in [0.05, 0.1) is 0 Å². The maximum Gasteiger partial charge on any atom is 0.438 e. The molecule has 0 saturated carbocycles. The van der Waals surface area contributed by atoms with E-state index >= 15 is 0 Å². The Bertz CT molecular complexity index is 740. The molecule has 0 fully saturated rings. The largest absolute Gasteiger partial charge is 0.442 e. The van der Waals surface area contributed by atoms with E-state index in [9.17, 15) is 96.6 Å². The Labute approximate surface area is 174 Å². The van der Waals surface area contributed by atoms with Gasteiger partial charge in [0.15, 0.2) is 0 Å². The van der Waals surface area contributed by atoms with E-state index in [-0.39, 0.29) is 0 Å². The summed E-state index contributed by atoms with van der Waals surface area (Å²) in [5.41, 5.74) is -16.8. The standard InChI is InChI=1S/C12F22O/c13-3(14)1(5(17,18)7(21,9(23,24)25)10(26,27)28)35-2(4(15)16)6(19,20)8(22,11(29,30)31)12(32,33)34. The highest BCUT2D eigenvalue weighted by atomic mass is 19.4. The van der Waals surface area contributed by atoms with Gasteiger partial charge in [-0.1, -0.05) is 0 Å². The topological polar surface area (TPSA) is 9.23 Å². The molecule has 0 N–H and O–H groups in total. The van der Waals surface area contributed by atoms with Crippen molar-refractivity contribution in [2.24, 2.45) is 0 Å². The van der Waals surface area contributed by atoms with E-state index in [1.165, 1.54) is 0 Å². The van der Waals surface area contributed by atoms with Gasteiger partial charge in [0.2, 0.25) is 11.5 Å². The lowest BCUT2D eigenvalue weighted by atomic mass is 9.93. The maximum atomic E-state index is 13.6. The minimum absolute atomic E-state index is 1.86. The molecule has 23 heteroatoms. The summed E-state index contributed by atoms with van der Waals surface area (Å²) < 4.78 is 282. The third-order valence-corrected chi connectivity index (χ3v) is 3.55. The van der Waals surface area contributed by atoms with E-state index in [1.54, 1.807) is 0 Å². The van der Waals surface area contributed by atoms with E-state index in [4.69, 9.17) is 0 Å². The van der Waals surface area contributed by atoms with E-state index < -0.39 is 71.6 Å². The van der Waals surface area contributed by atoms with Gasteiger partial charge in [0.25, 0.3) is 0 Å². The van der Waals surface area contributed by atoms with Crippen LogP contribution in [0.25, 0.3) is 0 Å². The first-order chi connectivity index (χ1) is 14.9. The summed E-state index contributed by atoms with van der Waals surface area (Å²) in [5.74, 6) is -26.9. The fraction of sp³-hybridized carbons (Fsp3) is 0.667. The molecule has 0 aliphatic heterocycles. The Morgan fingerprint density at radius 1 is 0.343 bits per heavy atom. The lowest BCUT2D eigenvalue weighted by Gasteiger charge is -2.38. The van der Waals surface area contributed by atoms with Crippen LogP contribution in [0, 0.1) is 0 Å². The van der Waals surface area contributed by atoms with Crippen LogP contribution in [-0.4, -0.2) is 47.9 Å². The van der Waals surface area contributed by atoms with Crippen LogP contribution in [0.4, 0.5) is 96.6 Å². The molecule has 1 nitrogen and oxygen atoms in total. The average molecular weight is 578 g/mol. The third-order valence-electron chi connectivity index (χ3n) is 3.55. The Hall–Kier alpha value is -2.26. The molecule has 208 valence electrons. The van der Waals surface area contributed by atoms with Gasteiger partial charge in [-0.25, -0.2) is 8.78 Å². The molecule has 0 aromatic carbocycles. The lowest BCUT2D eigenvalue weighted by molar-refractivity contribution is -0.398. The zero-order chi connectivity index (χ0) is 29.0. The highest BCUT2D eigenvalue weighted by Gasteiger charge is 2.88. The van der Waals surface area contributed by atoms with Crippen LogP contribution in [0.3, 0.4) is 0 Å². The van der Waals surface area contributed by atoms with Gasteiger partial charge in [-0.2, -0.15) is 87.8 Å². The SMILES string of the molecule is FC(F)=C(OC(=C(F)F)C(F)(F)C(F)(C(F)(F)F)C(F)(F)F)C(F)(F)C(F)(C(F)(F)F)C(F)(F)F. The average Bonchev–Trinajstić information content (AvgIpc) is 2.54. The predicted octanol–water partition coefficient (Wildman–Crippen LogP) is 8.16. The quantitative estimate of drug-likeness (QED) is 0.229. The third kappa shape index (κ3) is 4.89. The smallest absolute Gasteiger partial charge is 0.438 e. The van der Waals surface area contributed by atoms with Crippen LogP contribution in [-0.2, 0) is 4.74 Å². The lowest BCUT2D eigenvalue weighted by Crippen LogP contribution is -2.66. The van der Waals surface area contributed by atoms with Crippen molar-refractivity contribution in [2.45, 2.75) is 47.9 Å². The molecule has 0 rings (SSSR count). The van der Waals surface area contributed by atoms with Crippen LogP contribution in [0.15, 0.2) is 23.7 Å². The zero-order valence-corrected chi connectivity index (χ0v) is 14.7. The van der Waals surface area contributed by atoms with Gasteiger partial charge in [-0.05, 0) is 0 Å². The molecular weight excluding hydrogens is 578 g/mol. The fourth-order valence-corrected chi connectivity index (χ4v) is 1.89. The minimum Gasteiger partial charge on any atom is -0.442 e. The summed E-state index contributed by atoms with van der Waals surface area (Å²) in [6, 6.07) is 0. The molecule has 0 spiro atoms. The fourth-order valence-electron chi connectivity index (χ4n) is 1.89. The molecule has 0 bridgehead atoms. The summed E-state index contributed by atoms with van der Waals surface area (Å²) in [6.45, 7) is 0. The van der Waals surface area contributed by atoms with Crippen molar-refractivity contribution in [2.75, 3.05) is 0 Å². The Morgan fingerprint density at radius 3 is 0.629 bits per heavy atom. The summed E-state index contributed by atoms with van der Waals surface area (Å²) in [5, 5.41) is 0. The van der Waals surface area contributed by atoms with Gasteiger partial charge >= 0.3 is 60.0 Å². The highest BCUT2D eigenvalue weighted by molar-refractivity contribution is 5.26. The summed E-state index contributed by atoms with van der Waals surface area (Å²) >= 11 is 0. The normalized spacial score (nSPS) is 15.1. The second-order valence-electron chi connectivity index (χ2n) is 5.74. The molecule has 0 amide bonds. The Balaban J connectivity index is 7.38. The molecular formula is C12F22O. The van der Waals surface area contributed by atoms with E-state index in [2.05, 4.69) is 0 Å². The van der Waals surface area contributed by atoms with Crippen molar-refractivity contribution < 1.29 is 101 Å². The minimum atomic E-state index is -8.38. The molecule has 0 aromatic heterocycles. The Kier molecular flexibility index (Phi) is 8.13. The molecule has 0 atom stereocenters. The molecule has 0 saturated heterocycles. The number of allylic oxidation sites excluding steroid dienone is 2. The van der Waals surface area contributed by atoms with Gasteiger partial charge < -0.3 is 4.74 Å². The summed E-state index contributed by atoms with van der Waals surface area (Å²) in [4.78, 5) is 0. The molecule has 0 radical (unpaired) electrons. The molecule has 0 aliphatic rings. The van der Waals surface area contributed by atoms with Crippen molar-refractivity contribution in [3.63, 3.8) is 0 Å². The predicted molar refractivity (Wildman–Crippen MR) is 61.4 cm³/mol. The van der Waals surface area contributed by atoms with Crippen LogP contribution >= 0.6 is 0 Å². The van der Waals surface area contributed by atoms with E-state index in [0.717, 1.165) is 0 Å². The summed E-state index contributed by atoms with van der Waals surface area (Å²) in [6.07, 6.45) is -42.6. The number of hydrogen-bond donors (Lipinski definition) is 0. The van der Waals surface area contributed by atoms with Gasteiger partial charge in [-0.3, -0.25) is 0 Å². The second-order valence-corrected chi connectivity index (χ2v) is 5.74. The zero-order valence-electron chi connectivity index (χ0n) is 14.7. The maximum absolute atomic E-state index is 13.6. The molecule has 0 aromatic rings. The summed E-state index contributed by atoms with van der Waals surface area (Å²) in [7, 11) is 0. The Morgan fingerprint density at radius 2 is 0.514 bits per heavy atom. The van der Waals surface area contributed by atoms with Gasteiger partial charge in [-0.15, -0.1) is 0 Å². The number of hydrogen-bond acceptors (Lipinski definition) is 1. The second kappa shape index (κ2) is 8.69. The van der Waals surface area contributed by atoms with E-state index in [0.29, 0.717) is 0 Å². The molecule has 0 unspecified atom stereocenters. The van der Waals surface area contributed by atoms with Crippen LogP contribution < -0.4 is 0 Å². The highest BCUT2D eigenvalue weighted by Crippen LogP contribution is 2.61. The molecule has 35 heavy (non-hydrogen) atoms. The first kappa shape index (κ1) is 32.7. The van der Waals surface area contributed by atoms with Crippen LogP contribution in [0.2, 0.25) is 0 Å². The van der Waals surface area contributed by atoms with Crippen molar-refractivity contribution in [3.8, 4) is 0 Å². The molecule has 0 heterocycles. The van der Waals surface area contributed by atoms with Crippen LogP contribution in [0.5, 0.6) is 0 Å². The van der Waals surface area contributed by atoms with Crippen molar-refractivity contribution in [1.82, 2.24) is 0 Å². The monoisotopic (exact) mass is 578 g/mol. The number of halogens is 22. The van der Waals surface area contributed by atoms with Crippen molar-refractivity contribution in [1.29, 1.82) is 0 Å². The van der Waals surface area contributed by atoms with Crippen molar-refractivity contribution in [3.05, 3.63) is 23.7 Å². The molecule has 0 aliphatic carbocycles. The van der Waals surface area contributed by atoms with Crippen LogP contribution in [0.1, 0.15) is 0 Å². The van der Waals surface area contributed by atoms with Crippen molar-refractivity contribution >= 4 is 0 Å². The number of rotatable bonds is 6.